The molecule has 0 fully saturated rings. The van der Waals surface area contributed by atoms with Crippen LogP contribution >= 0.6 is 0 Å². The molecule has 0 aliphatic heterocycles. The summed E-state index contributed by atoms with van der Waals surface area (Å²) >= 11 is 0. The summed E-state index contributed by atoms with van der Waals surface area (Å²) < 4.78 is 0. The fourth-order valence-corrected chi connectivity index (χ4v) is 1.32. The Morgan fingerprint density at radius 1 is 1.58 bits per heavy atom. The summed E-state index contributed by atoms with van der Waals surface area (Å²) in [6.07, 6.45) is 3.01. The van der Waals surface area contributed by atoms with Crippen LogP contribution in [0.3, 0.4) is 0 Å². The zero-order valence-corrected chi connectivity index (χ0v) is 8.31. The van der Waals surface area contributed by atoms with E-state index in [0.717, 1.165) is 5.57 Å². The van der Waals surface area contributed by atoms with Gasteiger partial charge in [-0.25, -0.2) is 0 Å². The van der Waals surface area contributed by atoms with Gasteiger partial charge in [0.25, 0.3) is 0 Å². The summed E-state index contributed by atoms with van der Waals surface area (Å²) in [5.41, 5.74) is 0.625. The van der Waals surface area contributed by atoms with Crippen molar-refractivity contribution >= 4 is 5.78 Å². The highest BCUT2D eigenvalue weighted by atomic mass is 16.1. The zero-order valence-electron chi connectivity index (χ0n) is 8.31. The maximum absolute atomic E-state index is 11.5. The molecule has 0 N–H and O–H groups in total. The molecule has 0 amide bonds. The molecule has 1 nitrogen and oxygen atoms in total. The standard InChI is InChI=1S/C11H18O/c1-6-10(12)11(5,7-2)8-9(3)4/h7H,2-3,6,8H2,1,4-5H3. The Hall–Kier alpha value is -0.850. The molecule has 1 unspecified atom stereocenters. The van der Waals surface area contributed by atoms with Crippen LogP contribution in [-0.2, 0) is 4.79 Å². The lowest BCUT2D eigenvalue weighted by Gasteiger charge is -2.23. The third-order valence-corrected chi connectivity index (χ3v) is 2.08. The van der Waals surface area contributed by atoms with Crippen molar-refractivity contribution in [3.8, 4) is 0 Å². The monoisotopic (exact) mass is 166 g/mol. The molecule has 0 heterocycles. The number of hydrogen-bond donors (Lipinski definition) is 0. The van der Waals surface area contributed by atoms with Crippen molar-refractivity contribution < 1.29 is 4.79 Å². The van der Waals surface area contributed by atoms with E-state index in [9.17, 15) is 4.79 Å². The van der Waals surface area contributed by atoms with E-state index in [1.54, 1.807) is 6.08 Å². The van der Waals surface area contributed by atoms with Crippen LogP contribution < -0.4 is 0 Å². The van der Waals surface area contributed by atoms with Crippen LogP contribution in [0.5, 0.6) is 0 Å². The molecule has 0 bridgehead atoms. The van der Waals surface area contributed by atoms with Crippen molar-refractivity contribution in [3.63, 3.8) is 0 Å². The van der Waals surface area contributed by atoms with E-state index in [0.29, 0.717) is 12.8 Å². The van der Waals surface area contributed by atoms with Crippen LogP contribution in [0.15, 0.2) is 24.8 Å². The molecule has 0 aliphatic rings. The van der Waals surface area contributed by atoms with Gasteiger partial charge in [0.15, 0.2) is 0 Å². The van der Waals surface area contributed by atoms with Gasteiger partial charge in [-0.2, -0.15) is 0 Å². The number of ketones is 1. The van der Waals surface area contributed by atoms with Gasteiger partial charge < -0.3 is 0 Å². The average molecular weight is 166 g/mol. The lowest BCUT2D eigenvalue weighted by molar-refractivity contribution is -0.125. The summed E-state index contributed by atoms with van der Waals surface area (Å²) in [6, 6.07) is 0. The van der Waals surface area contributed by atoms with Gasteiger partial charge in [0.1, 0.15) is 5.78 Å². The first-order valence-corrected chi connectivity index (χ1v) is 4.27. The van der Waals surface area contributed by atoms with Crippen LogP contribution in [0.1, 0.15) is 33.6 Å². The van der Waals surface area contributed by atoms with E-state index < -0.39 is 5.41 Å². The zero-order chi connectivity index (χ0) is 9.78. The summed E-state index contributed by atoms with van der Waals surface area (Å²) in [4.78, 5) is 11.5. The molecule has 0 spiro atoms. The normalized spacial score (nSPS) is 14.9. The van der Waals surface area contributed by atoms with E-state index in [1.165, 1.54) is 0 Å². The Morgan fingerprint density at radius 3 is 2.33 bits per heavy atom. The molecule has 0 radical (unpaired) electrons. The minimum absolute atomic E-state index is 0.237. The highest BCUT2D eigenvalue weighted by Gasteiger charge is 2.27. The van der Waals surface area contributed by atoms with Crippen molar-refractivity contribution in [1.29, 1.82) is 0 Å². The Morgan fingerprint density at radius 2 is 2.08 bits per heavy atom. The molecule has 12 heavy (non-hydrogen) atoms. The predicted octanol–water partition coefficient (Wildman–Crippen LogP) is 3.12. The summed E-state index contributed by atoms with van der Waals surface area (Å²) in [5.74, 6) is 0.237. The van der Waals surface area contributed by atoms with Gasteiger partial charge in [-0.15, -0.1) is 13.2 Å². The molecule has 1 atom stereocenters. The van der Waals surface area contributed by atoms with Gasteiger partial charge in [0, 0.05) is 11.8 Å². The Kier molecular flexibility index (Phi) is 3.94. The maximum atomic E-state index is 11.5. The molecule has 0 aromatic rings. The highest BCUT2D eigenvalue weighted by molar-refractivity contribution is 5.86. The Bertz CT molecular complexity index is 203. The first-order chi connectivity index (χ1) is 5.46. The SMILES string of the molecule is C=CC(C)(CC(=C)C)C(=O)CC. The molecule has 0 saturated carbocycles. The van der Waals surface area contributed by atoms with Gasteiger partial charge in [0.05, 0.1) is 0 Å². The Balaban J connectivity index is 4.55. The number of hydrogen-bond acceptors (Lipinski definition) is 1. The largest absolute Gasteiger partial charge is 0.299 e. The van der Waals surface area contributed by atoms with E-state index in [-0.39, 0.29) is 5.78 Å². The quantitative estimate of drug-likeness (QED) is 0.573. The van der Waals surface area contributed by atoms with Crippen LogP contribution in [-0.4, -0.2) is 5.78 Å². The topological polar surface area (TPSA) is 17.1 Å². The van der Waals surface area contributed by atoms with Gasteiger partial charge in [0.2, 0.25) is 0 Å². The summed E-state index contributed by atoms with van der Waals surface area (Å²) in [5, 5.41) is 0. The second kappa shape index (κ2) is 4.24. The first kappa shape index (κ1) is 11.2. The van der Waals surface area contributed by atoms with E-state index in [4.69, 9.17) is 0 Å². The van der Waals surface area contributed by atoms with Crippen molar-refractivity contribution in [1.82, 2.24) is 0 Å². The fourth-order valence-electron chi connectivity index (χ4n) is 1.32. The molecule has 0 aliphatic carbocycles. The third kappa shape index (κ3) is 2.65. The van der Waals surface area contributed by atoms with Crippen molar-refractivity contribution in [2.75, 3.05) is 0 Å². The van der Waals surface area contributed by atoms with E-state index in [1.807, 2.05) is 20.8 Å². The summed E-state index contributed by atoms with van der Waals surface area (Å²) in [6.45, 7) is 13.2. The van der Waals surface area contributed by atoms with Gasteiger partial charge in [-0.05, 0) is 20.3 Å². The highest BCUT2D eigenvalue weighted by Crippen LogP contribution is 2.28. The van der Waals surface area contributed by atoms with Gasteiger partial charge in [-0.1, -0.05) is 18.6 Å². The second-order valence-corrected chi connectivity index (χ2v) is 3.53. The van der Waals surface area contributed by atoms with Crippen LogP contribution in [0.4, 0.5) is 0 Å². The molecule has 1 heteroatoms. The lowest BCUT2D eigenvalue weighted by atomic mass is 9.79. The van der Waals surface area contributed by atoms with Gasteiger partial charge >= 0.3 is 0 Å². The van der Waals surface area contributed by atoms with Crippen LogP contribution in [0.25, 0.3) is 0 Å². The molecule has 0 rings (SSSR count). The van der Waals surface area contributed by atoms with E-state index >= 15 is 0 Å². The molecule has 0 aromatic heterocycles. The van der Waals surface area contributed by atoms with Crippen molar-refractivity contribution in [2.45, 2.75) is 33.6 Å². The first-order valence-electron chi connectivity index (χ1n) is 4.27. The van der Waals surface area contributed by atoms with Crippen molar-refractivity contribution in [3.05, 3.63) is 24.8 Å². The number of allylic oxidation sites excluding steroid dienone is 2. The number of Topliss-reactive ketones (excluding diaryl/α,β-unsaturated/α-hetero) is 1. The molecule has 68 valence electrons. The lowest BCUT2D eigenvalue weighted by Crippen LogP contribution is -2.24. The number of carbonyl (C=O) groups is 1. The Labute approximate surface area is 75.2 Å². The van der Waals surface area contributed by atoms with Crippen LogP contribution in [0, 0.1) is 5.41 Å². The minimum Gasteiger partial charge on any atom is -0.299 e. The predicted molar refractivity (Wildman–Crippen MR) is 53.0 cm³/mol. The van der Waals surface area contributed by atoms with Gasteiger partial charge in [-0.3, -0.25) is 4.79 Å². The smallest absolute Gasteiger partial charge is 0.142 e. The molecular weight excluding hydrogens is 148 g/mol. The summed E-state index contributed by atoms with van der Waals surface area (Å²) in [7, 11) is 0. The average Bonchev–Trinajstić information content (AvgIpc) is 2.01. The van der Waals surface area contributed by atoms with Crippen LogP contribution in [0.2, 0.25) is 0 Å². The number of rotatable bonds is 5. The van der Waals surface area contributed by atoms with E-state index in [2.05, 4.69) is 13.2 Å². The minimum atomic E-state index is -0.402. The molecule has 0 saturated heterocycles. The molecular formula is C11H18O. The number of carbonyl (C=O) groups excluding carboxylic acids is 1. The maximum Gasteiger partial charge on any atom is 0.142 e. The molecule has 0 aromatic carbocycles. The second-order valence-electron chi connectivity index (χ2n) is 3.53. The van der Waals surface area contributed by atoms with Crippen molar-refractivity contribution in [2.24, 2.45) is 5.41 Å². The third-order valence-electron chi connectivity index (χ3n) is 2.08. The fraction of sp³-hybridized carbons (Fsp3) is 0.545.